The molecule has 0 aliphatic carbocycles. The van der Waals surface area contributed by atoms with E-state index in [0.29, 0.717) is 0 Å². The Bertz CT molecular complexity index is 241. The molecule has 0 amide bonds. The average Bonchev–Trinajstić information content (AvgIpc) is 3.04. The minimum Gasteiger partial charge on any atom is -0.310 e. The van der Waals surface area contributed by atoms with Gasteiger partial charge in [0.25, 0.3) is 0 Å². The summed E-state index contributed by atoms with van der Waals surface area (Å²) in [7, 11) is 0.000401. The van der Waals surface area contributed by atoms with Crippen molar-refractivity contribution in [3.8, 4) is 0 Å². The van der Waals surface area contributed by atoms with Gasteiger partial charge >= 0.3 is 0 Å². The fourth-order valence-electron chi connectivity index (χ4n) is 4.45. The molecule has 0 aromatic heterocycles. The third-order valence-electron chi connectivity index (χ3n) is 5.68. The van der Waals surface area contributed by atoms with Gasteiger partial charge in [-0.05, 0) is 58.2 Å². The molecular formula is C18H36N3P. The molecule has 0 aromatic carbocycles. The Balaban J connectivity index is 1.72. The first-order valence-electron chi connectivity index (χ1n) is 9.93. The molecule has 128 valence electrons. The smallest absolute Gasteiger partial charge is 0.0297 e. The Morgan fingerprint density at radius 2 is 0.818 bits per heavy atom. The summed E-state index contributed by atoms with van der Waals surface area (Å²) < 4.78 is 0. The lowest BCUT2D eigenvalue weighted by Gasteiger charge is -2.40. The van der Waals surface area contributed by atoms with Crippen molar-refractivity contribution in [2.24, 2.45) is 0 Å². The van der Waals surface area contributed by atoms with Crippen LogP contribution in [0.4, 0.5) is 0 Å². The van der Waals surface area contributed by atoms with Gasteiger partial charge in [-0.25, -0.2) is 0 Å². The van der Waals surface area contributed by atoms with Gasteiger partial charge in [0.2, 0.25) is 0 Å². The summed E-state index contributed by atoms with van der Waals surface area (Å²) in [6, 6.07) is 0. The summed E-state index contributed by atoms with van der Waals surface area (Å²) in [5, 5.41) is 11.9. The monoisotopic (exact) mass is 325 g/mol. The number of hydrogen-bond donors (Lipinski definition) is 3. The maximum Gasteiger partial charge on any atom is 0.0297 e. The Labute approximate surface area is 138 Å². The molecule has 3 rings (SSSR count). The standard InChI is InChI=1S/C18H36N3P/c1-4-10-16(19-13-7-1)22(17-11-5-2-8-14-20-17)18-12-6-3-9-15-21-18/h16-21H,1-15H2. The molecule has 0 bridgehead atoms. The summed E-state index contributed by atoms with van der Waals surface area (Å²) >= 11 is 0. The predicted octanol–water partition coefficient (Wildman–Crippen LogP) is 3.94. The van der Waals surface area contributed by atoms with Crippen LogP contribution in [0, 0.1) is 0 Å². The van der Waals surface area contributed by atoms with E-state index in [2.05, 4.69) is 16.0 Å². The first-order valence-corrected chi connectivity index (χ1v) is 11.5. The zero-order valence-electron chi connectivity index (χ0n) is 14.3. The molecule has 3 nitrogen and oxygen atoms in total. The van der Waals surface area contributed by atoms with Crippen molar-refractivity contribution in [2.45, 2.75) is 94.4 Å². The third-order valence-corrected chi connectivity index (χ3v) is 9.16. The Kier molecular flexibility index (Phi) is 7.46. The fourth-order valence-corrected chi connectivity index (χ4v) is 8.21. The van der Waals surface area contributed by atoms with Crippen molar-refractivity contribution in [2.75, 3.05) is 19.6 Å². The molecule has 4 heteroatoms. The summed E-state index contributed by atoms with van der Waals surface area (Å²) in [5.41, 5.74) is 0. The summed E-state index contributed by atoms with van der Waals surface area (Å²) in [5.74, 6) is 2.39. The van der Waals surface area contributed by atoms with Gasteiger partial charge < -0.3 is 16.0 Å². The topological polar surface area (TPSA) is 36.1 Å². The second-order valence-electron chi connectivity index (χ2n) is 7.40. The summed E-state index contributed by atoms with van der Waals surface area (Å²) in [6.07, 6.45) is 17.0. The Morgan fingerprint density at radius 1 is 0.455 bits per heavy atom. The largest absolute Gasteiger partial charge is 0.310 e. The predicted molar refractivity (Wildman–Crippen MR) is 97.7 cm³/mol. The molecule has 22 heavy (non-hydrogen) atoms. The van der Waals surface area contributed by atoms with Crippen molar-refractivity contribution >= 4 is 7.92 Å². The molecule has 3 heterocycles. The van der Waals surface area contributed by atoms with E-state index in [-0.39, 0.29) is 7.92 Å². The van der Waals surface area contributed by atoms with Crippen LogP contribution in [0.5, 0.6) is 0 Å². The van der Waals surface area contributed by atoms with Crippen LogP contribution >= 0.6 is 7.92 Å². The van der Waals surface area contributed by atoms with Gasteiger partial charge in [-0.15, -0.1) is 0 Å². The van der Waals surface area contributed by atoms with E-state index in [4.69, 9.17) is 0 Å². The highest BCUT2D eigenvalue weighted by Crippen LogP contribution is 2.53. The van der Waals surface area contributed by atoms with Crippen LogP contribution in [0.25, 0.3) is 0 Å². The highest BCUT2D eigenvalue weighted by atomic mass is 31.1. The molecule has 3 aliphatic heterocycles. The van der Waals surface area contributed by atoms with Crippen LogP contribution in [0.15, 0.2) is 0 Å². The molecule has 3 unspecified atom stereocenters. The second-order valence-corrected chi connectivity index (χ2v) is 10.2. The van der Waals surface area contributed by atoms with Crippen LogP contribution in [0.3, 0.4) is 0 Å². The molecule has 0 spiro atoms. The maximum atomic E-state index is 3.97. The number of rotatable bonds is 3. The summed E-state index contributed by atoms with van der Waals surface area (Å²) in [4.78, 5) is 0. The van der Waals surface area contributed by atoms with E-state index in [1.807, 2.05) is 0 Å². The lowest BCUT2D eigenvalue weighted by atomic mass is 10.2. The van der Waals surface area contributed by atoms with Gasteiger partial charge in [0.05, 0.1) is 0 Å². The average molecular weight is 325 g/mol. The maximum absolute atomic E-state index is 3.97. The quantitative estimate of drug-likeness (QED) is 0.688. The van der Waals surface area contributed by atoms with Crippen LogP contribution in [0.1, 0.15) is 77.0 Å². The van der Waals surface area contributed by atoms with Crippen molar-refractivity contribution in [3.05, 3.63) is 0 Å². The van der Waals surface area contributed by atoms with Crippen molar-refractivity contribution < 1.29 is 0 Å². The number of nitrogens with one attached hydrogen (secondary N) is 3. The SMILES string of the molecule is C1CCNC(P(C2CCCCCN2)C2CCCCCN2)CC1. The van der Waals surface area contributed by atoms with Crippen LogP contribution < -0.4 is 16.0 Å². The molecule has 0 saturated carbocycles. The first-order chi connectivity index (χ1) is 10.9. The highest BCUT2D eigenvalue weighted by Gasteiger charge is 2.35. The molecule has 3 N–H and O–H groups in total. The molecule has 3 saturated heterocycles. The molecule has 0 aromatic rings. The van der Waals surface area contributed by atoms with Gasteiger partial charge in [-0.2, -0.15) is 0 Å². The molecule has 3 atom stereocenters. The van der Waals surface area contributed by atoms with E-state index in [1.54, 1.807) is 0 Å². The third kappa shape index (κ3) is 4.90. The van der Waals surface area contributed by atoms with Gasteiger partial charge in [0, 0.05) is 17.3 Å². The first kappa shape index (κ1) is 17.1. The zero-order valence-corrected chi connectivity index (χ0v) is 15.2. The van der Waals surface area contributed by atoms with Gasteiger partial charge in [0.1, 0.15) is 0 Å². The Morgan fingerprint density at radius 3 is 1.18 bits per heavy atom. The minimum absolute atomic E-state index is 0.000401. The van der Waals surface area contributed by atoms with Crippen molar-refractivity contribution in [1.82, 2.24) is 16.0 Å². The molecule has 3 aliphatic rings. The van der Waals surface area contributed by atoms with Crippen LogP contribution in [-0.4, -0.2) is 37.0 Å². The fraction of sp³-hybridized carbons (Fsp3) is 1.00. The summed E-state index contributed by atoms with van der Waals surface area (Å²) in [6.45, 7) is 3.76. The second kappa shape index (κ2) is 9.57. The van der Waals surface area contributed by atoms with Crippen molar-refractivity contribution in [3.63, 3.8) is 0 Å². The van der Waals surface area contributed by atoms with Crippen LogP contribution in [-0.2, 0) is 0 Å². The van der Waals surface area contributed by atoms with Gasteiger partial charge in [-0.3, -0.25) is 0 Å². The van der Waals surface area contributed by atoms with E-state index in [1.165, 1.54) is 96.7 Å². The molecule has 3 fully saturated rings. The van der Waals surface area contributed by atoms with Crippen LogP contribution in [0.2, 0.25) is 0 Å². The van der Waals surface area contributed by atoms with E-state index < -0.39 is 0 Å². The zero-order chi connectivity index (χ0) is 15.0. The lowest BCUT2D eigenvalue weighted by molar-refractivity contribution is 0.564. The Hall–Kier alpha value is 0.310. The lowest BCUT2D eigenvalue weighted by Crippen LogP contribution is -2.43. The van der Waals surface area contributed by atoms with Gasteiger partial charge in [0.15, 0.2) is 0 Å². The van der Waals surface area contributed by atoms with Crippen molar-refractivity contribution in [1.29, 1.82) is 0 Å². The van der Waals surface area contributed by atoms with E-state index in [9.17, 15) is 0 Å². The molecular weight excluding hydrogens is 289 g/mol. The van der Waals surface area contributed by atoms with Gasteiger partial charge in [-0.1, -0.05) is 46.4 Å². The molecule has 0 radical (unpaired) electrons. The minimum atomic E-state index is 0.000401. The van der Waals surface area contributed by atoms with E-state index in [0.717, 1.165) is 17.3 Å². The van der Waals surface area contributed by atoms with E-state index >= 15 is 0 Å². The highest BCUT2D eigenvalue weighted by molar-refractivity contribution is 7.59. The number of hydrogen-bond acceptors (Lipinski definition) is 3. The normalized spacial score (nSPS) is 36.8.